The van der Waals surface area contributed by atoms with E-state index in [4.69, 9.17) is 20.1 Å². The maximum atomic E-state index is 6.61. The molecule has 188 valence electrons. The van der Waals surface area contributed by atoms with Gasteiger partial charge in [0, 0.05) is 10.9 Å². The number of nitrogens with two attached hydrogens (primary N) is 1. The second-order valence-corrected chi connectivity index (χ2v) is 16.7. The van der Waals surface area contributed by atoms with E-state index in [-0.39, 0.29) is 10.6 Å². The highest BCUT2D eigenvalue weighted by Crippen LogP contribution is 2.37. The quantitative estimate of drug-likeness (QED) is 0.316. The lowest BCUT2D eigenvalue weighted by Crippen LogP contribution is -2.40. The fourth-order valence-electron chi connectivity index (χ4n) is 4.61. The van der Waals surface area contributed by atoms with Gasteiger partial charge in [0.1, 0.15) is 0 Å². The van der Waals surface area contributed by atoms with Crippen LogP contribution < -0.4 is 5.73 Å². The minimum Gasteiger partial charge on any atom is -0.411 e. The van der Waals surface area contributed by atoms with Crippen molar-refractivity contribution >= 4 is 19.2 Å². The van der Waals surface area contributed by atoms with E-state index in [9.17, 15) is 0 Å². The summed E-state index contributed by atoms with van der Waals surface area (Å²) >= 11 is 0. The lowest BCUT2D eigenvalue weighted by Gasteiger charge is -2.36. The van der Waals surface area contributed by atoms with E-state index in [0.717, 1.165) is 58.6 Å². The van der Waals surface area contributed by atoms with Gasteiger partial charge in [-0.1, -0.05) is 45.0 Å². The monoisotopic (exact) mass is 499 g/mol. The van der Waals surface area contributed by atoms with Crippen LogP contribution in [-0.4, -0.2) is 28.1 Å². The molecule has 5 rings (SSSR count). The highest BCUT2D eigenvalue weighted by molar-refractivity contribution is 6.74. The normalized spacial score (nSPS) is 18.4. The van der Waals surface area contributed by atoms with Crippen molar-refractivity contribution in [1.29, 1.82) is 0 Å². The van der Waals surface area contributed by atoms with E-state index in [1.807, 2.05) is 29.1 Å². The Balaban J connectivity index is 1.47. The summed E-state index contributed by atoms with van der Waals surface area (Å²) in [5, 5.41) is 5.88. The van der Waals surface area contributed by atoms with E-state index in [0.29, 0.717) is 6.61 Å². The Morgan fingerprint density at radius 3 is 2.67 bits per heavy atom. The smallest absolute Gasteiger partial charge is 0.192 e. The molecule has 2 N–H and O–H groups in total. The molecule has 7 heteroatoms. The number of aromatic nitrogens is 4. The lowest BCUT2D eigenvalue weighted by atomic mass is 9.82. The summed E-state index contributed by atoms with van der Waals surface area (Å²) in [6.07, 6.45) is 5.00. The first kappa shape index (κ1) is 24.8. The van der Waals surface area contributed by atoms with Crippen molar-refractivity contribution in [3.05, 3.63) is 71.7 Å². The Kier molecular flexibility index (Phi) is 6.13. The van der Waals surface area contributed by atoms with Crippen molar-refractivity contribution in [3.8, 4) is 17.1 Å². The van der Waals surface area contributed by atoms with Crippen molar-refractivity contribution in [2.75, 3.05) is 0 Å². The van der Waals surface area contributed by atoms with Crippen LogP contribution in [0.4, 0.5) is 0 Å². The van der Waals surface area contributed by atoms with Gasteiger partial charge in [-0.2, -0.15) is 5.10 Å². The van der Waals surface area contributed by atoms with Crippen molar-refractivity contribution in [1.82, 2.24) is 19.7 Å². The summed E-state index contributed by atoms with van der Waals surface area (Å²) < 4.78 is 8.31. The van der Waals surface area contributed by atoms with Gasteiger partial charge in [-0.15, -0.1) is 0 Å². The topological polar surface area (TPSA) is 78.8 Å². The van der Waals surface area contributed by atoms with Gasteiger partial charge < -0.3 is 10.2 Å². The predicted octanol–water partition coefficient (Wildman–Crippen LogP) is 6.51. The second-order valence-electron chi connectivity index (χ2n) is 11.8. The zero-order chi connectivity index (χ0) is 25.7. The van der Waals surface area contributed by atoms with Crippen molar-refractivity contribution in [2.45, 2.75) is 77.2 Å². The van der Waals surface area contributed by atoms with Crippen LogP contribution in [0.25, 0.3) is 28.0 Å². The number of benzene rings is 1. The lowest BCUT2D eigenvalue weighted by molar-refractivity contribution is 0.272. The van der Waals surface area contributed by atoms with Gasteiger partial charge in [-0.3, -0.25) is 4.98 Å². The van der Waals surface area contributed by atoms with Gasteiger partial charge in [0.25, 0.3) is 0 Å². The molecule has 0 saturated carbocycles. The van der Waals surface area contributed by atoms with Crippen LogP contribution in [-0.2, 0) is 23.0 Å². The summed E-state index contributed by atoms with van der Waals surface area (Å²) in [7, 11) is -1.86. The van der Waals surface area contributed by atoms with E-state index >= 15 is 0 Å². The molecule has 0 radical (unpaired) electrons. The van der Waals surface area contributed by atoms with Crippen molar-refractivity contribution < 1.29 is 4.43 Å². The SMILES string of the molecule is CC1(N)CCCc2ccc(-c3ccc4cnn(-c5cccc(CO[Si](C)(C)C(C)(C)C)n5)c4c3)nc21. The Hall–Kier alpha value is -2.87. The molecule has 0 aliphatic heterocycles. The fraction of sp³-hybridized carbons (Fsp3) is 0.414. The predicted molar refractivity (Wildman–Crippen MR) is 149 cm³/mol. The van der Waals surface area contributed by atoms with Crippen molar-refractivity contribution in [2.24, 2.45) is 5.73 Å². The Morgan fingerprint density at radius 1 is 1.08 bits per heavy atom. The second kappa shape index (κ2) is 8.90. The highest BCUT2D eigenvalue weighted by atomic mass is 28.4. The molecule has 3 heterocycles. The maximum absolute atomic E-state index is 6.61. The van der Waals surface area contributed by atoms with Gasteiger partial charge in [-0.25, -0.2) is 9.67 Å². The van der Waals surface area contributed by atoms with Crippen LogP contribution in [0.15, 0.2) is 54.7 Å². The summed E-state index contributed by atoms with van der Waals surface area (Å²) in [6.45, 7) is 13.9. The molecular weight excluding hydrogens is 462 g/mol. The van der Waals surface area contributed by atoms with Crippen LogP contribution in [0.2, 0.25) is 18.1 Å². The number of nitrogens with zero attached hydrogens (tertiary/aromatic N) is 4. The molecule has 1 aliphatic rings. The molecular formula is C29H37N5OSi. The first-order valence-electron chi connectivity index (χ1n) is 12.8. The van der Waals surface area contributed by atoms with Crippen molar-refractivity contribution in [3.63, 3.8) is 0 Å². The van der Waals surface area contributed by atoms with Crippen LogP contribution in [0.1, 0.15) is 57.5 Å². The van der Waals surface area contributed by atoms with Gasteiger partial charge >= 0.3 is 0 Å². The molecule has 3 aromatic heterocycles. The number of fused-ring (bicyclic) bond motifs is 2. The van der Waals surface area contributed by atoms with E-state index < -0.39 is 8.32 Å². The van der Waals surface area contributed by atoms with Crippen LogP contribution in [0.3, 0.4) is 0 Å². The average molecular weight is 500 g/mol. The van der Waals surface area contributed by atoms with Gasteiger partial charge in [0.15, 0.2) is 14.1 Å². The number of aryl methyl sites for hydroxylation is 1. The van der Waals surface area contributed by atoms with E-state index in [1.165, 1.54) is 5.56 Å². The third kappa shape index (κ3) is 4.63. The Bertz CT molecular complexity index is 1420. The molecule has 0 saturated heterocycles. The minimum absolute atomic E-state index is 0.158. The zero-order valence-electron chi connectivity index (χ0n) is 22.3. The zero-order valence-corrected chi connectivity index (χ0v) is 23.3. The maximum Gasteiger partial charge on any atom is 0.192 e. The number of hydrogen-bond acceptors (Lipinski definition) is 5. The first-order valence-corrected chi connectivity index (χ1v) is 15.7. The molecule has 0 spiro atoms. The van der Waals surface area contributed by atoms with Gasteiger partial charge in [0.05, 0.1) is 40.9 Å². The first-order chi connectivity index (χ1) is 16.9. The Labute approximate surface area is 215 Å². The molecule has 0 bridgehead atoms. The molecule has 0 amide bonds. The molecule has 1 atom stereocenters. The van der Waals surface area contributed by atoms with Crippen LogP contribution in [0, 0.1) is 0 Å². The molecule has 1 aromatic carbocycles. The van der Waals surface area contributed by atoms with Crippen LogP contribution in [0.5, 0.6) is 0 Å². The standard InChI is InChI=1S/C29H37N5OSi/c1-28(2,3)36(5,6)35-19-23-10-7-11-26(32-23)34-25-17-21(12-13-22(25)18-31-34)24-15-14-20-9-8-16-29(4,30)27(20)33-24/h7,10-15,17-18H,8-9,16,19,30H2,1-6H3. The van der Waals surface area contributed by atoms with E-state index in [1.54, 1.807) is 0 Å². The summed E-state index contributed by atoms with van der Waals surface area (Å²) in [4.78, 5) is 9.92. The van der Waals surface area contributed by atoms with Crippen LogP contribution >= 0.6 is 0 Å². The van der Waals surface area contributed by atoms with E-state index in [2.05, 4.69) is 76.2 Å². The molecule has 1 unspecified atom stereocenters. The van der Waals surface area contributed by atoms with Gasteiger partial charge in [0.2, 0.25) is 0 Å². The number of pyridine rings is 2. The Morgan fingerprint density at radius 2 is 1.89 bits per heavy atom. The summed E-state index contributed by atoms with van der Waals surface area (Å²) in [5.41, 5.74) is 12.4. The molecule has 0 fully saturated rings. The summed E-state index contributed by atoms with van der Waals surface area (Å²) in [6, 6.07) is 16.7. The third-order valence-corrected chi connectivity index (χ3v) is 12.4. The molecule has 4 aromatic rings. The number of rotatable bonds is 5. The fourth-order valence-corrected chi connectivity index (χ4v) is 5.55. The summed E-state index contributed by atoms with van der Waals surface area (Å²) in [5.74, 6) is 0.784. The number of hydrogen-bond donors (Lipinski definition) is 1. The minimum atomic E-state index is -1.86. The molecule has 36 heavy (non-hydrogen) atoms. The average Bonchev–Trinajstić information content (AvgIpc) is 3.25. The van der Waals surface area contributed by atoms with Gasteiger partial charge in [-0.05, 0) is 74.1 Å². The highest BCUT2D eigenvalue weighted by Gasteiger charge is 2.37. The molecule has 1 aliphatic carbocycles. The third-order valence-electron chi connectivity index (χ3n) is 7.92. The largest absolute Gasteiger partial charge is 0.411 e. The molecule has 6 nitrogen and oxygen atoms in total.